The molecule has 3 saturated heterocycles. The van der Waals surface area contributed by atoms with Gasteiger partial charge in [-0.15, -0.1) is 0 Å². The summed E-state index contributed by atoms with van der Waals surface area (Å²) in [5.41, 5.74) is 1.66. The van der Waals surface area contributed by atoms with Crippen LogP contribution in [0.2, 0.25) is 0 Å². The number of ether oxygens (including phenoxy) is 1. The highest BCUT2D eigenvalue weighted by Gasteiger charge is 2.40. The average Bonchev–Trinajstić information content (AvgIpc) is 3.25. The molecular formula is C22H34N4O2. The zero-order chi connectivity index (χ0) is 19.4. The zero-order valence-electron chi connectivity index (χ0n) is 17.0. The molecule has 3 aliphatic rings. The van der Waals surface area contributed by atoms with Gasteiger partial charge < -0.3 is 20.7 Å². The van der Waals surface area contributed by atoms with Crippen LogP contribution in [0.3, 0.4) is 0 Å². The first-order chi connectivity index (χ1) is 13.6. The van der Waals surface area contributed by atoms with Crippen molar-refractivity contribution in [2.24, 2.45) is 5.41 Å². The molecule has 6 heteroatoms. The van der Waals surface area contributed by atoms with Gasteiger partial charge in [0.25, 0.3) is 0 Å². The number of piperidine rings is 1. The Balaban J connectivity index is 1.18. The number of carbonyl (C=O) groups excluding carboxylic acids is 1. The minimum absolute atomic E-state index is 0.0615. The highest BCUT2D eigenvalue weighted by molar-refractivity contribution is 5.74. The first-order valence-corrected chi connectivity index (χ1v) is 10.8. The number of urea groups is 1. The molecule has 0 radical (unpaired) electrons. The van der Waals surface area contributed by atoms with Crippen LogP contribution in [0.25, 0.3) is 0 Å². The number of benzene rings is 1. The fraction of sp³-hybridized carbons (Fsp3) is 0.682. The molecule has 0 aliphatic carbocycles. The maximum absolute atomic E-state index is 12.4. The Kier molecular flexibility index (Phi) is 6.19. The molecule has 2 amide bonds. The van der Waals surface area contributed by atoms with Crippen LogP contribution in [-0.2, 0) is 11.3 Å². The van der Waals surface area contributed by atoms with Gasteiger partial charge in [-0.1, -0.05) is 30.3 Å². The molecule has 3 unspecified atom stereocenters. The van der Waals surface area contributed by atoms with Crippen LogP contribution in [0.5, 0.6) is 0 Å². The molecule has 0 aromatic heterocycles. The van der Waals surface area contributed by atoms with Crippen molar-refractivity contribution in [2.75, 3.05) is 32.8 Å². The van der Waals surface area contributed by atoms with E-state index in [1.807, 2.05) is 6.07 Å². The Morgan fingerprint density at radius 3 is 2.86 bits per heavy atom. The van der Waals surface area contributed by atoms with E-state index in [1.54, 1.807) is 0 Å². The van der Waals surface area contributed by atoms with Gasteiger partial charge in [0.15, 0.2) is 0 Å². The largest absolute Gasteiger partial charge is 0.376 e. The maximum Gasteiger partial charge on any atom is 0.315 e. The Morgan fingerprint density at radius 2 is 2.07 bits per heavy atom. The molecule has 154 valence electrons. The van der Waals surface area contributed by atoms with Crippen molar-refractivity contribution >= 4 is 6.03 Å². The number of amides is 2. The predicted molar refractivity (Wildman–Crippen MR) is 110 cm³/mol. The van der Waals surface area contributed by atoms with Crippen molar-refractivity contribution in [3.63, 3.8) is 0 Å². The standard InChI is InChI=1S/C22H34N4O2/c1-17-11-19(15-26(17)14-18-5-3-2-4-6-18)25-21(27)24-13-20-12-22(16-28-20)7-9-23-10-8-22/h2-6,17,19-20,23H,7-16H2,1H3,(H2,24,25,27). The molecule has 1 aromatic carbocycles. The number of hydrogen-bond donors (Lipinski definition) is 3. The average molecular weight is 387 g/mol. The number of hydrogen-bond acceptors (Lipinski definition) is 4. The Morgan fingerprint density at radius 1 is 1.29 bits per heavy atom. The van der Waals surface area contributed by atoms with E-state index in [2.05, 4.69) is 52.0 Å². The van der Waals surface area contributed by atoms with Gasteiger partial charge in [-0.3, -0.25) is 4.90 Å². The summed E-state index contributed by atoms with van der Waals surface area (Å²) in [6, 6.07) is 11.2. The van der Waals surface area contributed by atoms with Gasteiger partial charge in [-0.2, -0.15) is 0 Å². The first-order valence-electron chi connectivity index (χ1n) is 10.8. The summed E-state index contributed by atoms with van der Waals surface area (Å²) < 4.78 is 5.99. The van der Waals surface area contributed by atoms with Gasteiger partial charge in [0.2, 0.25) is 0 Å². The van der Waals surface area contributed by atoms with Gasteiger partial charge in [0.1, 0.15) is 0 Å². The lowest BCUT2D eigenvalue weighted by atomic mass is 9.77. The lowest BCUT2D eigenvalue weighted by Gasteiger charge is -2.32. The lowest BCUT2D eigenvalue weighted by molar-refractivity contribution is 0.0871. The van der Waals surface area contributed by atoms with Crippen molar-refractivity contribution in [1.29, 1.82) is 0 Å². The number of nitrogens with one attached hydrogen (secondary N) is 3. The van der Waals surface area contributed by atoms with Crippen LogP contribution < -0.4 is 16.0 Å². The topological polar surface area (TPSA) is 65.6 Å². The summed E-state index contributed by atoms with van der Waals surface area (Å²) >= 11 is 0. The van der Waals surface area contributed by atoms with E-state index >= 15 is 0 Å². The van der Waals surface area contributed by atoms with Crippen molar-refractivity contribution in [1.82, 2.24) is 20.9 Å². The Hall–Kier alpha value is -1.63. The molecule has 1 spiro atoms. The molecule has 0 saturated carbocycles. The summed E-state index contributed by atoms with van der Waals surface area (Å²) in [4.78, 5) is 14.8. The number of rotatable bonds is 5. The minimum Gasteiger partial charge on any atom is -0.376 e. The molecule has 3 fully saturated rings. The van der Waals surface area contributed by atoms with Crippen molar-refractivity contribution in [3.05, 3.63) is 35.9 Å². The molecule has 3 N–H and O–H groups in total. The van der Waals surface area contributed by atoms with Crippen molar-refractivity contribution in [2.45, 2.75) is 57.3 Å². The van der Waals surface area contributed by atoms with E-state index in [0.29, 0.717) is 18.0 Å². The zero-order valence-corrected chi connectivity index (χ0v) is 17.0. The van der Waals surface area contributed by atoms with E-state index < -0.39 is 0 Å². The second-order valence-electron chi connectivity index (χ2n) is 8.94. The summed E-state index contributed by atoms with van der Waals surface area (Å²) in [7, 11) is 0. The SMILES string of the molecule is CC1CC(NC(=O)NCC2CC3(CCNCC3)CO2)CN1Cc1ccccc1. The fourth-order valence-corrected chi connectivity index (χ4v) is 5.02. The van der Waals surface area contributed by atoms with Crippen LogP contribution in [0, 0.1) is 5.41 Å². The van der Waals surface area contributed by atoms with Gasteiger partial charge in [-0.05, 0) is 56.7 Å². The van der Waals surface area contributed by atoms with E-state index in [4.69, 9.17) is 4.74 Å². The third kappa shape index (κ3) is 4.85. The molecule has 1 aromatic rings. The van der Waals surface area contributed by atoms with Crippen LogP contribution in [0.15, 0.2) is 30.3 Å². The monoisotopic (exact) mass is 386 g/mol. The van der Waals surface area contributed by atoms with Crippen LogP contribution in [0.4, 0.5) is 4.79 Å². The van der Waals surface area contributed by atoms with E-state index in [1.165, 1.54) is 18.4 Å². The molecule has 28 heavy (non-hydrogen) atoms. The van der Waals surface area contributed by atoms with Crippen LogP contribution in [0.1, 0.15) is 38.2 Å². The molecule has 4 rings (SSSR count). The van der Waals surface area contributed by atoms with Gasteiger partial charge >= 0.3 is 6.03 Å². The van der Waals surface area contributed by atoms with Crippen LogP contribution in [-0.4, -0.2) is 61.9 Å². The molecule has 3 heterocycles. The summed E-state index contributed by atoms with van der Waals surface area (Å²) in [6.45, 7) is 7.71. The molecule has 3 aliphatic heterocycles. The number of carbonyl (C=O) groups is 1. The van der Waals surface area contributed by atoms with E-state index in [-0.39, 0.29) is 18.2 Å². The molecule has 3 atom stereocenters. The van der Waals surface area contributed by atoms with E-state index in [0.717, 1.165) is 45.6 Å². The first kappa shape index (κ1) is 19.7. The van der Waals surface area contributed by atoms with Crippen molar-refractivity contribution < 1.29 is 9.53 Å². The smallest absolute Gasteiger partial charge is 0.315 e. The third-order valence-corrected chi connectivity index (χ3v) is 6.71. The second kappa shape index (κ2) is 8.80. The fourth-order valence-electron chi connectivity index (χ4n) is 5.02. The molecule has 6 nitrogen and oxygen atoms in total. The Bertz CT molecular complexity index is 647. The summed E-state index contributed by atoms with van der Waals surface area (Å²) in [6.07, 6.45) is 4.59. The number of nitrogens with zero attached hydrogens (tertiary/aromatic N) is 1. The third-order valence-electron chi connectivity index (χ3n) is 6.71. The highest BCUT2D eigenvalue weighted by Crippen LogP contribution is 2.40. The highest BCUT2D eigenvalue weighted by atomic mass is 16.5. The van der Waals surface area contributed by atoms with Gasteiger partial charge in [-0.25, -0.2) is 4.79 Å². The van der Waals surface area contributed by atoms with Gasteiger partial charge in [0, 0.05) is 31.7 Å². The molecule has 0 bridgehead atoms. The molecular weight excluding hydrogens is 352 g/mol. The van der Waals surface area contributed by atoms with Crippen LogP contribution >= 0.6 is 0 Å². The Labute approximate surface area is 168 Å². The summed E-state index contributed by atoms with van der Waals surface area (Å²) in [5.74, 6) is 0. The predicted octanol–water partition coefficient (Wildman–Crippen LogP) is 2.11. The maximum atomic E-state index is 12.4. The minimum atomic E-state index is -0.0615. The van der Waals surface area contributed by atoms with Gasteiger partial charge in [0.05, 0.1) is 12.7 Å². The number of likely N-dealkylation sites (tertiary alicyclic amines) is 1. The normalized spacial score (nSPS) is 29.8. The van der Waals surface area contributed by atoms with E-state index in [9.17, 15) is 4.79 Å². The quantitative estimate of drug-likeness (QED) is 0.725. The second-order valence-corrected chi connectivity index (χ2v) is 8.94. The lowest BCUT2D eigenvalue weighted by Crippen LogP contribution is -2.45. The summed E-state index contributed by atoms with van der Waals surface area (Å²) in [5, 5.41) is 9.63. The van der Waals surface area contributed by atoms with Crippen molar-refractivity contribution in [3.8, 4) is 0 Å².